The highest BCUT2D eigenvalue weighted by Gasteiger charge is 2.73. The van der Waals surface area contributed by atoms with Gasteiger partial charge in [0.15, 0.2) is 6.10 Å². The van der Waals surface area contributed by atoms with Crippen molar-refractivity contribution in [3.63, 3.8) is 0 Å². The third-order valence-electron chi connectivity index (χ3n) is 13.1. The second kappa shape index (κ2) is 12.9. The van der Waals surface area contributed by atoms with Crippen LogP contribution in [0.25, 0.3) is 0 Å². The fraction of sp³-hybridized carbons (Fsp3) is 0.575. The first-order valence-corrected chi connectivity index (χ1v) is 17.8. The number of carbonyl (C=O) groups excluding carboxylic acids is 3. The number of rotatable bonds is 8. The zero-order valence-corrected chi connectivity index (χ0v) is 30.1. The molecule has 50 heavy (non-hydrogen) atoms. The van der Waals surface area contributed by atoms with E-state index >= 15 is 4.79 Å². The lowest BCUT2D eigenvalue weighted by atomic mass is 9.40. The topological polar surface area (TPSA) is 157 Å². The van der Waals surface area contributed by atoms with Crippen molar-refractivity contribution >= 4 is 23.4 Å². The lowest BCUT2D eigenvalue weighted by molar-refractivity contribution is -0.302. The number of nitrogens with two attached hydrogens (primary N) is 1. The number of benzene rings is 2. The molecule has 4 aliphatic rings. The smallest absolute Gasteiger partial charge is 0.338 e. The van der Waals surface area contributed by atoms with Crippen molar-refractivity contribution in [1.29, 1.82) is 0 Å². The number of fused-ring (bicyclic) bond motifs is 5. The van der Waals surface area contributed by atoms with E-state index in [0.29, 0.717) is 29.7 Å². The number of hydrogen-bond donors (Lipinski definition) is 4. The molecule has 10 nitrogen and oxygen atoms in total. The Kier molecular flexibility index (Phi) is 9.34. The van der Waals surface area contributed by atoms with Crippen LogP contribution in [0.2, 0.25) is 0 Å². The summed E-state index contributed by atoms with van der Waals surface area (Å²) in [6.45, 7) is 13.6. The molecule has 2 aromatic rings. The summed E-state index contributed by atoms with van der Waals surface area (Å²) in [4.78, 5) is 41.7. The van der Waals surface area contributed by atoms with Gasteiger partial charge < -0.3 is 35.5 Å². The van der Waals surface area contributed by atoms with Gasteiger partial charge in [0.2, 0.25) is 0 Å². The van der Waals surface area contributed by atoms with Crippen molar-refractivity contribution < 1.29 is 38.8 Å². The van der Waals surface area contributed by atoms with Crippen LogP contribution in [0.15, 0.2) is 71.8 Å². The Balaban J connectivity index is 1.40. The molecule has 1 aliphatic heterocycles. The third kappa shape index (κ3) is 5.41. The van der Waals surface area contributed by atoms with Crippen LogP contribution in [0.1, 0.15) is 72.9 Å². The number of ketones is 1. The highest BCUT2D eigenvalue weighted by atomic mass is 16.6. The molecule has 0 spiro atoms. The van der Waals surface area contributed by atoms with E-state index in [-0.39, 0.29) is 24.9 Å². The van der Waals surface area contributed by atoms with E-state index in [2.05, 4.69) is 12.2 Å². The molecule has 270 valence electrons. The molecule has 11 atom stereocenters. The second-order valence-electron chi connectivity index (χ2n) is 16.0. The zero-order valence-electron chi connectivity index (χ0n) is 30.1. The molecule has 1 saturated heterocycles. The molecule has 0 amide bonds. The van der Waals surface area contributed by atoms with Crippen LogP contribution in [0.5, 0.6) is 0 Å². The molecule has 0 unspecified atom stereocenters. The van der Waals surface area contributed by atoms with Gasteiger partial charge >= 0.3 is 11.9 Å². The molecule has 3 aliphatic carbocycles. The van der Waals surface area contributed by atoms with Gasteiger partial charge in [-0.3, -0.25) is 9.59 Å². The maximum Gasteiger partial charge on any atom is 0.338 e. The predicted molar refractivity (Wildman–Crippen MR) is 188 cm³/mol. The number of anilines is 1. The summed E-state index contributed by atoms with van der Waals surface area (Å²) in [6.07, 6.45) is -3.15. The quantitative estimate of drug-likeness (QED) is 0.226. The maximum absolute atomic E-state index is 15.1. The number of aliphatic hydroxyl groups excluding tert-OH is 1. The maximum atomic E-state index is 15.1. The van der Waals surface area contributed by atoms with Crippen molar-refractivity contribution in [2.24, 2.45) is 39.7 Å². The summed E-state index contributed by atoms with van der Waals surface area (Å²) in [7, 11) is 0. The number of para-hydroxylation sites is 1. The van der Waals surface area contributed by atoms with E-state index in [1.807, 2.05) is 102 Å². The van der Waals surface area contributed by atoms with Crippen molar-refractivity contribution in [3.8, 4) is 0 Å². The molecule has 10 heteroatoms. The van der Waals surface area contributed by atoms with Crippen LogP contribution in [-0.2, 0) is 28.6 Å². The van der Waals surface area contributed by atoms with Gasteiger partial charge in [0.1, 0.15) is 18.0 Å². The minimum atomic E-state index is -1.59. The summed E-state index contributed by atoms with van der Waals surface area (Å²) in [5.41, 5.74) is 4.45. The van der Waals surface area contributed by atoms with E-state index in [4.69, 9.17) is 19.9 Å². The normalized spacial score (nSPS) is 37.1. The van der Waals surface area contributed by atoms with Gasteiger partial charge in [-0.25, -0.2) is 4.79 Å². The summed E-state index contributed by atoms with van der Waals surface area (Å²) < 4.78 is 18.2. The number of Topliss-reactive ketones (excluding diaryl/α,β-unsaturated/α-hetero) is 1. The van der Waals surface area contributed by atoms with Gasteiger partial charge in [0.25, 0.3) is 0 Å². The summed E-state index contributed by atoms with van der Waals surface area (Å²) >= 11 is 0. The first-order valence-electron chi connectivity index (χ1n) is 17.8. The van der Waals surface area contributed by atoms with Crippen molar-refractivity contribution in [2.45, 2.75) is 97.4 Å². The highest BCUT2D eigenvalue weighted by Crippen LogP contribution is 2.68. The number of hydrogen-bond acceptors (Lipinski definition) is 10. The standard InChI is InChI=1S/C40H52N2O8/c1-22-27(49-36(46)33(44)32(25-14-10-8-11-15-25)42-26-16-12-9-13-17-26)19-40(47)24(3)34-38(6)21-48-28(38)18-29(50-30(43)20-41)39(34,7)35(45)23(2)31(22)37(40,4)5/h8-17,23-24,27-29,32-34,42,44,47H,18-21,41H2,1-7H3/t23-,24+,27+,28-,29+,32+,33-,34-,38-,39-,40-/m1/s1. The van der Waals surface area contributed by atoms with Gasteiger partial charge in [0, 0.05) is 35.3 Å². The molecule has 0 aromatic heterocycles. The van der Waals surface area contributed by atoms with Crippen LogP contribution in [0, 0.1) is 34.0 Å². The Hall–Kier alpha value is -3.57. The fourth-order valence-corrected chi connectivity index (χ4v) is 10.5. The number of ether oxygens (including phenoxy) is 3. The van der Waals surface area contributed by atoms with Gasteiger partial charge in [-0.2, -0.15) is 0 Å². The van der Waals surface area contributed by atoms with Crippen LogP contribution in [0.4, 0.5) is 5.69 Å². The molecule has 5 N–H and O–H groups in total. The molecule has 2 saturated carbocycles. The average molecular weight is 689 g/mol. The van der Waals surface area contributed by atoms with E-state index in [9.17, 15) is 19.8 Å². The van der Waals surface area contributed by atoms with Crippen molar-refractivity contribution in [3.05, 3.63) is 77.4 Å². The molecule has 1 heterocycles. The number of carbonyl (C=O) groups is 3. The van der Waals surface area contributed by atoms with Gasteiger partial charge in [0.05, 0.1) is 36.3 Å². The molecule has 3 fully saturated rings. The Morgan fingerprint density at radius 2 is 1.64 bits per heavy atom. The summed E-state index contributed by atoms with van der Waals surface area (Å²) in [5, 5.41) is 28.1. The Morgan fingerprint density at radius 1 is 1.02 bits per heavy atom. The predicted octanol–water partition coefficient (Wildman–Crippen LogP) is 4.75. The van der Waals surface area contributed by atoms with Crippen LogP contribution < -0.4 is 11.1 Å². The number of aliphatic hydroxyl groups is 2. The minimum Gasteiger partial charge on any atom is -0.460 e. The van der Waals surface area contributed by atoms with E-state index in [1.165, 1.54) is 0 Å². The Labute approximate surface area is 294 Å². The Morgan fingerprint density at radius 3 is 2.22 bits per heavy atom. The van der Waals surface area contributed by atoms with E-state index in [1.54, 1.807) is 0 Å². The minimum absolute atomic E-state index is 0.0550. The van der Waals surface area contributed by atoms with Gasteiger partial charge in [-0.1, -0.05) is 83.1 Å². The zero-order chi connectivity index (χ0) is 36.4. The molecule has 6 rings (SSSR count). The summed E-state index contributed by atoms with van der Waals surface area (Å²) in [6, 6.07) is 17.7. The van der Waals surface area contributed by atoms with E-state index < -0.39 is 75.9 Å². The molecule has 2 bridgehead atoms. The molecular weight excluding hydrogens is 636 g/mol. The van der Waals surface area contributed by atoms with Crippen LogP contribution >= 0.6 is 0 Å². The molecule has 2 aromatic carbocycles. The van der Waals surface area contributed by atoms with Gasteiger partial charge in [-0.15, -0.1) is 0 Å². The Bertz CT molecular complexity index is 1660. The second-order valence-corrected chi connectivity index (χ2v) is 16.0. The van der Waals surface area contributed by atoms with Crippen molar-refractivity contribution in [1.82, 2.24) is 0 Å². The fourth-order valence-electron chi connectivity index (χ4n) is 10.5. The van der Waals surface area contributed by atoms with Crippen LogP contribution in [0.3, 0.4) is 0 Å². The first kappa shape index (κ1) is 36.2. The SMILES string of the molecule is CC1=C2[C@@H](C)C(=O)[C@]3(C)[C@@H](OC(=O)CN)C[C@H]4OC[C@@]4(C)[C@H]3[C@H](C)[C@](O)(C[C@@H]1OC(=O)[C@H](O)[C@@H](Nc1ccccc1)c1ccccc1)C2(C)C. The highest BCUT2D eigenvalue weighted by molar-refractivity contribution is 5.91. The lowest BCUT2D eigenvalue weighted by Crippen LogP contribution is -2.74. The largest absolute Gasteiger partial charge is 0.460 e. The van der Waals surface area contributed by atoms with Crippen molar-refractivity contribution in [2.75, 3.05) is 18.5 Å². The van der Waals surface area contributed by atoms with E-state index in [0.717, 1.165) is 5.69 Å². The lowest BCUT2D eigenvalue weighted by Gasteiger charge is -2.69. The van der Waals surface area contributed by atoms with Gasteiger partial charge in [-0.05, 0) is 54.5 Å². The number of nitrogens with one attached hydrogen (secondary N) is 1. The number of esters is 2. The molecular formula is C40H52N2O8. The molecule has 0 radical (unpaired) electrons. The monoisotopic (exact) mass is 688 g/mol. The summed E-state index contributed by atoms with van der Waals surface area (Å²) in [5.74, 6) is -3.21. The average Bonchev–Trinajstić information content (AvgIpc) is 3.09. The first-order chi connectivity index (χ1) is 23.5. The third-order valence-corrected chi connectivity index (χ3v) is 13.1. The van der Waals surface area contributed by atoms with Crippen LogP contribution in [-0.4, -0.2) is 71.1 Å².